The van der Waals surface area contributed by atoms with Gasteiger partial charge in [-0.15, -0.1) is 0 Å². The first-order chi connectivity index (χ1) is 11.3. The Balaban J connectivity index is 1.72. The number of hydrogen-bond donors (Lipinski definition) is 0. The summed E-state index contributed by atoms with van der Waals surface area (Å²) in [5, 5.41) is 0. The van der Waals surface area contributed by atoms with Gasteiger partial charge in [-0.3, -0.25) is 4.79 Å². The van der Waals surface area contributed by atoms with Crippen LogP contribution in [0.2, 0.25) is 0 Å². The molecule has 0 saturated carbocycles. The molecule has 0 bridgehead atoms. The van der Waals surface area contributed by atoms with E-state index in [1.54, 1.807) is 13.2 Å². The van der Waals surface area contributed by atoms with Crippen LogP contribution < -0.4 is 4.74 Å². The Bertz CT molecular complexity index is 677. The Kier molecular flexibility index (Phi) is 4.77. The fraction of sp³-hybridized carbons (Fsp3) is 0.250. The van der Waals surface area contributed by atoms with Gasteiger partial charge >= 0.3 is 0 Å². The van der Waals surface area contributed by atoms with Crippen LogP contribution in [-0.4, -0.2) is 24.5 Å². The molecule has 2 aromatic rings. The third-order valence-corrected chi connectivity index (χ3v) is 4.25. The van der Waals surface area contributed by atoms with Gasteiger partial charge in [0.1, 0.15) is 5.75 Å². The number of rotatable bonds is 4. The average molecular weight is 307 g/mol. The number of benzene rings is 2. The third kappa shape index (κ3) is 3.62. The zero-order valence-electron chi connectivity index (χ0n) is 13.3. The van der Waals surface area contributed by atoms with Crippen molar-refractivity contribution >= 4 is 12.0 Å². The second-order valence-corrected chi connectivity index (χ2v) is 5.71. The summed E-state index contributed by atoms with van der Waals surface area (Å²) in [4.78, 5) is 14.5. The second kappa shape index (κ2) is 7.14. The van der Waals surface area contributed by atoms with E-state index in [0.717, 1.165) is 30.7 Å². The number of methoxy groups -OCH3 is 1. The minimum atomic E-state index is 0.0761. The number of ether oxygens (including phenoxy) is 1. The number of carbonyl (C=O) groups is 1. The van der Waals surface area contributed by atoms with Gasteiger partial charge in [0.25, 0.3) is 0 Å². The monoisotopic (exact) mass is 307 g/mol. The second-order valence-electron chi connectivity index (χ2n) is 5.71. The van der Waals surface area contributed by atoms with Gasteiger partial charge in [0.2, 0.25) is 5.91 Å². The Morgan fingerprint density at radius 2 is 1.87 bits per heavy atom. The lowest BCUT2D eigenvalue weighted by Crippen LogP contribution is -2.28. The first-order valence-corrected chi connectivity index (χ1v) is 7.95. The van der Waals surface area contributed by atoms with Gasteiger partial charge in [-0.25, -0.2) is 0 Å². The molecule has 1 aliphatic rings. The lowest BCUT2D eigenvalue weighted by Gasteiger charge is -2.24. The highest BCUT2D eigenvalue weighted by atomic mass is 16.5. The molecule has 1 unspecified atom stereocenters. The van der Waals surface area contributed by atoms with Crippen molar-refractivity contribution in [3.63, 3.8) is 0 Å². The molecule has 0 radical (unpaired) electrons. The number of carbonyl (C=O) groups excluding carboxylic acids is 1. The van der Waals surface area contributed by atoms with Gasteiger partial charge < -0.3 is 9.64 Å². The van der Waals surface area contributed by atoms with Crippen LogP contribution in [0.5, 0.6) is 5.75 Å². The van der Waals surface area contributed by atoms with Crippen LogP contribution in [0.25, 0.3) is 6.08 Å². The summed E-state index contributed by atoms with van der Waals surface area (Å²) in [5.41, 5.74) is 2.21. The summed E-state index contributed by atoms with van der Waals surface area (Å²) >= 11 is 0. The average Bonchev–Trinajstić information content (AvgIpc) is 3.10. The minimum Gasteiger partial charge on any atom is -0.497 e. The maximum absolute atomic E-state index is 12.5. The zero-order chi connectivity index (χ0) is 16.1. The van der Waals surface area contributed by atoms with Gasteiger partial charge in [0, 0.05) is 12.6 Å². The van der Waals surface area contributed by atoms with Crippen molar-refractivity contribution in [2.45, 2.75) is 18.9 Å². The zero-order valence-corrected chi connectivity index (χ0v) is 13.3. The molecule has 1 fully saturated rings. The van der Waals surface area contributed by atoms with Crippen LogP contribution in [0.3, 0.4) is 0 Å². The van der Waals surface area contributed by atoms with Crippen molar-refractivity contribution in [1.29, 1.82) is 0 Å². The van der Waals surface area contributed by atoms with Gasteiger partial charge in [-0.1, -0.05) is 42.5 Å². The normalized spacial score (nSPS) is 17.6. The summed E-state index contributed by atoms with van der Waals surface area (Å²) < 4.78 is 5.20. The van der Waals surface area contributed by atoms with E-state index in [1.807, 2.05) is 53.4 Å². The molecule has 0 aliphatic carbocycles. The van der Waals surface area contributed by atoms with Crippen LogP contribution >= 0.6 is 0 Å². The van der Waals surface area contributed by atoms with E-state index >= 15 is 0 Å². The molecule has 3 rings (SSSR count). The lowest BCUT2D eigenvalue weighted by atomic mass is 10.0. The van der Waals surface area contributed by atoms with Crippen molar-refractivity contribution in [2.24, 2.45) is 0 Å². The SMILES string of the molecule is COc1ccc(C2CCCN2C(=O)/C=C/c2ccccc2)cc1. The van der Waals surface area contributed by atoms with E-state index in [9.17, 15) is 4.79 Å². The quantitative estimate of drug-likeness (QED) is 0.797. The maximum atomic E-state index is 12.5. The smallest absolute Gasteiger partial charge is 0.247 e. The van der Waals surface area contributed by atoms with Crippen molar-refractivity contribution in [2.75, 3.05) is 13.7 Å². The molecule has 23 heavy (non-hydrogen) atoms. The van der Waals surface area contributed by atoms with E-state index in [2.05, 4.69) is 12.1 Å². The van der Waals surface area contributed by atoms with Crippen LogP contribution in [0, 0.1) is 0 Å². The summed E-state index contributed by atoms with van der Waals surface area (Å²) in [6, 6.07) is 18.1. The van der Waals surface area contributed by atoms with Gasteiger partial charge in [-0.05, 0) is 42.2 Å². The fourth-order valence-electron chi connectivity index (χ4n) is 3.03. The Morgan fingerprint density at radius 1 is 1.13 bits per heavy atom. The number of amides is 1. The van der Waals surface area contributed by atoms with Crippen LogP contribution in [-0.2, 0) is 4.79 Å². The highest BCUT2D eigenvalue weighted by Crippen LogP contribution is 2.32. The molecule has 3 nitrogen and oxygen atoms in total. The lowest BCUT2D eigenvalue weighted by molar-refractivity contribution is -0.126. The van der Waals surface area contributed by atoms with Crippen molar-refractivity contribution in [3.8, 4) is 5.75 Å². The molecule has 1 heterocycles. The first kappa shape index (κ1) is 15.3. The van der Waals surface area contributed by atoms with E-state index in [1.165, 1.54) is 5.56 Å². The predicted molar refractivity (Wildman–Crippen MR) is 92.2 cm³/mol. The molecule has 0 aromatic heterocycles. The molecule has 1 saturated heterocycles. The van der Waals surface area contributed by atoms with E-state index in [4.69, 9.17) is 4.74 Å². The minimum absolute atomic E-state index is 0.0761. The third-order valence-electron chi connectivity index (χ3n) is 4.25. The Hall–Kier alpha value is -2.55. The predicted octanol–water partition coefficient (Wildman–Crippen LogP) is 4.07. The molecule has 1 amide bonds. The van der Waals surface area contributed by atoms with E-state index < -0.39 is 0 Å². The molecule has 1 atom stereocenters. The highest BCUT2D eigenvalue weighted by Gasteiger charge is 2.28. The summed E-state index contributed by atoms with van der Waals surface area (Å²) in [6.45, 7) is 0.814. The van der Waals surface area contributed by atoms with Crippen LogP contribution in [0.4, 0.5) is 0 Å². The molecule has 2 aromatic carbocycles. The first-order valence-electron chi connectivity index (χ1n) is 7.95. The molecule has 118 valence electrons. The Labute approximate surface area is 137 Å². The molecule has 1 aliphatic heterocycles. The van der Waals surface area contributed by atoms with E-state index in [-0.39, 0.29) is 11.9 Å². The molecular weight excluding hydrogens is 286 g/mol. The van der Waals surface area contributed by atoms with Gasteiger partial charge in [0.15, 0.2) is 0 Å². The summed E-state index contributed by atoms with van der Waals surface area (Å²) in [5.74, 6) is 0.917. The van der Waals surface area contributed by atoms with Crippen LogP contribution in [0.1, 0.15) is 30.0 Å². The van der Waals surface area contributed by atoms with Gasteiger partial charge in [0.05, 0.1) is 13.2 Å². The van der Waals surface area contributed by atoms with Crippen LogP contribution in [0.15, 0.2) is 60.7 Å². The number of likely N-dealkylation sites (tertiary alicyclic amines) is 1. The van der Waals surface area contributed by atoms with Crippen molar-refractivity contribution in [1.82, 2.24) is 4.90 Å². The number of nitrogens with zero attached hydrogens (tertiary/aromatic N) is 1. The molecule has 0 N–H and O–H groups in total. The molecular formula is C20H21NO2. The summed E-state index contributed by atoms with van der Waals surface area (Å²) in [7, 11) is 1.66. The van der Waals surface area contributed by atoms with Crippen molar-refractivity contribution < 1.29 is 9.53 Å². The largest absolute Gasteiger partial charge is 0.497 e. The number of hydrogen-bond acceptors (Lipinski definition) is 2. The maximum Gasteiger partial charge on any atom is 0.247 e. The van der Waals surface area contributed by atoms with Gasteiger partial charge in [-0.2, -0.15) is 0 Å². The molecule has 3 heteroatoms. The standard InChI is InChI=1S/C20H21NO2/c1-23-18-12-10-17(11-13-18)19-8-5-15-21(19)20(22)14-9-16-6-3-2-4-7-16/h2-4,6-7,9-14,19H,5,8,15H2,1H3/b14-9+. The Morgan fingerprint density at radius 3 is 2.57 bits per heavy atom. The molecule has 0 spiro atoms. The van der Waals surface area contributed by atoms with Crippen molar-refractivity contribution in [3.05, 3.63) is 71.8 Å². The van der Waals surface area contributed by atoms with E-state index in [0.29, 0.717) is 0 Å². The highest BCUT2D eigenvalue weighted by molar-refractivity contribution is 5.92. The topological polar surface area (TPSA) is 29.5 Å². The summed E-state index contributed by atoms with van der Waals surface area (Å²) in [6.07, 6.45) is 5.61. The fourth-order valence-corrected chi connectivity index (χ4v) is 3.03.